The quantitative estimate of drug-likeness (QED) is 0.838. The number of hydrogen-bond acceptors (Lipinski definition) is 2. The van der Waals surface area contributed by atoms with Crippen LogP contribution < -0.4 is 4.74 Å². The van der Waals surface area contributed by atoms with Gasteiger partial charge in [-0.25, -0.2) is 4.39 Å². The number of nitrogens with zero attached hydrogens (tertiary/aromatic N) is 1. The van der Waals surface area contributed by atoms with E-state index in [1.165, 1.54) is 12.1 Å². The van der Waals surface area contributed by atoms with Gasteiger partial charge in [-0.05, 0) is 28.1 Å². The second-order valence-electron chi connectivity index (χ2n) is 3.21. The number of halogens is 2. The van der Waals surface area contributed by atoms with Crippen molar-refractivity contribution in [3.05, 3.63) is 46.8 Å². The lowest BCUT2D eigenvalue weighted by Crippen LogP contribution is -1.89. The molecule has 0 saturated heterocycles. The van der Waals surface area contributed by atoms with E-state index in [-0.39, 0.29) is 5.82 Å². The number of pyridine rings is 1. The van der Waals surface area contributed by atoms with Crippen LogP contribution in [0, 0.1) is 5.82 Å². The molecule has 0 aliphatic rings. The first-order valence-electron chi connectivity index (χ1n) is 4.66. The summed E-state index contributed by atoms with van der Waals surface area (Å²) in [5.74, 6) is 0.399. The summed E-state index contributed by atoms with van der Waals surface area (Å²) in [6.45, 7) is 0. The maximum atomic E-state index is 13.0. The molecule has 1 aromatic carbocycles. The molecule has 0 atom stereocenters. The van der Waals surface area contributed by atoms with Gasteiger partial charge in [-0.2, -0.15) is 0 Å². The lowest BCUT2D eigenvalue weighted by molar-refractivity contribution is 0.412. The summed E-state index contributed by atoms with van der Waals surface area (Å²) in [6.07, 6.45) is 1.64. The van der Waals surface area contributed by atoms with E-state index in [4.69, 9.17) is 4.74 Å². The smallest absolute Gasteiger partial charge is 0.136 e. The summed E-state index contributed by atoms with van der Waals surface area (Å²) in [7, 11) is 1.58. The average molecular weight is 282 g/mol. The molecule has 2 aromatic rings. The van der Waals surface area contributed by atoms with Crippen LogP contribution in [-0.4, -0.2) is 12.1 Å². The van der Waals surface area contributed by atoms with Crippen molar-refractivity contribution in [2.45, 2.75) is 0 Å². The highest BCUT2D eigenvalue weighted by Crippen LogP contribution is 2.28. The topological polar surface area (TPSA) is 22.1 Å². The predicted octanol–water partition coefficient (Wildman–Crippen LogP) is 3.66. The third-order valence-electron chi connectivity index (χ3n) is 2.16. The molecule has 2 rings (SSSR count). The van der Waals surface area contributed by atoms with Gasteiger partial charge in [-0.15, -0.1) is 0 Å². The average Bonchev–Trinajstić information content (AvgIpc) is 2.29. The van der Waals surface area contributed by atoms with Crippen LogP contribution >= 0.6 is 15.9 Å². The van der Waals surface area contributed by atoms with Gasteiger partial charge in [-0.3, -0.25) is 4.98 Å². The van der Waals surface area contributed by atoms with Crippen molar-refractivity contribution in [1.29, 1.82) is 0 Å². The Balaban J connectivity index is 2.48. The highest BCUT2D eigenvalue weighted by molar-refractivity contribution is 9.10. The monoisotopic (exact) mass is 281 g/mol. The van der Waals surface area contributed by atoms with E-state index in [0.29, 0.717) is 11.4 Å². The fourth-order valence-electron chi connectivity index (χ4n) is 1.38. The van der Waals surface area contributed by atoms with Crippen molar-refractivity contribution in [3.8, 4) is 17.0 Å². The van der Waals surface area contributed by atoms with Crippen LogP contribution in [0.15, 0.2) is 41.0 Å². The van der Waals surface area contributed by atoms with Gasteiger partial charge < -0.3 is 4.74 Å². The van der Waals surface area contributed by atoms with Crippen LogP contribution in [0.25, 0.3) is 11.3 Å². The summed E-state index contributed by atoms with van der Waals surface area (Å²) in [4.78, 5) is 4.20. The molecule has 16 heavy (non-hydrogen) atoms. The van der Waals surface area contributed by atoms with Crippen molar-refractivity contribution in [3.63, 3.8) is 0 Å². The summed E-state index contributed by atoms with van der Waals surface area (Å²) in [6, 6.07) is 8.06. The first-order valence-corrected chi connectivity index (χ1v) is 5.45. The molecule has 0 radical (unpaired) electrons. The van der Waals surface area contributed by atoms with Crippen molar-refractivity contribution in [1.82, 2.24) is 4.98 Å². The van der Waals surface area contributed by atoms with E-state index in [2.05, 4.69) is 20.9 Å². The van der Waals surface area contributed by atoms with E-state index >= 15 is 0 Å². The predicted molar refractivity (Wildman–Crippen MR) is 63.9 cm³/mol. The van der Waals surface area contributed by atoms with Gasteiger partial charge in [0.05, 0.1) is 17.3 Å². The molecule has 4 heteroatoms. The summed E-state index contributed by atoms with van der Waals surface area (Å²) < 4.78 is 19.0. The Morgan fingerprint density at radius 3 is 2.81 bits per heavy atom. The zero-order chi connectivity index (χ0) is 11.5. The van der Waals surface area contributed by atoms with Crippen LogP contribution in [-0.2, 0) is 0 Å². The number of methoxy groups -OCH3 is 1. The first kappa shape index (κ1) is 11.1. The molecule has 0 aliphatic carbocycles. The minimum atomic E-state index is -0.277. The Bertz CT molecular complexity index is 516. The van der Waals surface area contributed by atoms with E-state index in [9.17, 15) is 4.39 Å². The number of hydrogen-bond donors (Lipinski definition) is 0. The molecule has 0 saturated carbocycles. The Hall–Kier alpha value is -1.42. The largest absolute Gasteiger partial charge is 0.495 e. The molecule has 0 unspecified atom stereocenters. The van der Waals surface area contributed by atoms with Crippen molar-refractivity contribution in [2.24, 2.45) is 0 Å². The van der Waals surface area contributed by atoms with E-state index < -0.39 is 0 Å². The number of rotatable bonds is 2. The van der Waals surface area contributed by atoms with E-state index in [1.54, 1.807) is 31.5 Å². The van der Waals surface area contributed by atoms with Crippen molar-refractivity contribution < 1.29 is 9.13 Å². The fraction of sp³-hybridized carbons (Fsp3) is 0.0833. The highest BCUT2D eigenvalue weighted by Gasteiger charge is 2.05. The van der Waals surface area contributed by atoms with Crippen LogP contribution in [0.1, 0.15) is 0 Å². The molecule has 0 spiro atoms. The summed E-state index contributed by atoms with van der Waals surface area (Å²) >= 11 is 3.32. The number of aromatic nitrogens is 1. The van der Waals surface area contributed by atoms with Crippen LogP contribution in [0.3, 0.4) is 0 Å². The van der Waals surface area contributed by atoms with Crippen LogP contribution in [0.4, 0.5) is 4.39 Å². The minimum Gasteiger partial charge on any atom is -0.495 e. The van der Waals surface area contributed by atoms with Gasteiger partial charge in [0.25, 0.3) is 0 Å². The normalized spacial score (nSPS) is 10.2. The summed E-state index contributed by atoms with van der Waals surface area (Å²) in [5.41, 5.74) is 1.41. The molecule has 0 amide bonds. The molecule has 0 aliphatic heterocycles. The second kappa shape index (κ2) is 4.61. The van der Waals surface area contributed by atoms with Gasteiger partial charge >= 0.3 is 0 Å². The molecule has 0 bridgehead atoms. The minimum absolute atomic E-state index is 0.277. The van der Waals surface area contributed by atoms with Gasteiger partial charge in [0.2, 0.25) is 0 Å². The maximum Gasteiger partial charge on any atom is 0.136 e. The van der Waals surface area contributed by atoms with Gasteiger partial charge in [0.15, 0.2) is 0 Å². The molecule has 1 heterocycles. The Morgan fingerprint density at radius 1 is 1.31 bits per heavy atom. The highest BCUT2D eigenvalue weighted by atomic mass is 79.9. The third-order valence-corrected chi connectivity index (χ3v) is 2.76. The number of ether oxygens (including phenoxy) is 1. The molecule has 2 nitrogen and oxygen atoms in total. The van der Waals surface area contributed by atoms with Gasteiger partial charge in [0.1, 0.15) is 11.6 Å². The SMILES string of the molecule is COc1cc(-c2cccc(F)c2)ncc1Br. The Morgan fingerprint density at radius 2 is 2.12 bits per heavy atom. The second-order valence-corrected chi connectivity index (χ2v) is 4.07. The molecule has 82 valence electrons. The lowest BCUT2D eigenvalue weighted by Gasteiger charge is -2.06. The maximum absolute atomic E-state index is 13.0. The zero-order valence-corrected chi connectivity index (χ0v) is 10.2. The van der Waals surface area contributed by atoms with Gasteiger partial charge in [-0.1, -0.05) is 12.1 Å². The zero-order valence-electron chi connectivity index (χ0n) is 8.58. The van der Waals surface area contributed by atoms with Crippen LogP contribution in [0.2, 0.25) is 0 Å². The van der Waals surface area contributed by atoms with Crippen molar-refractivity contribution in [2.75, 3.05) is 7.11 Å². The Labute approximate surface area is 101 Å². The standard InChI is InChI=1S/C12H9BrFNO/c1-16-12-6-11(15-7-10(12)13)8-3-2-4-9(14)5-8/h2-7H,1H3. The fourth-order valence-corrected chi connectivity index (χ4v) is 1.76. The van der Waals surface area contributed by atoms with Gasteiger partial charge in [0, 0.05) is 17.8 Å². The molecule has 1 aromatic heterocycles. The van der Waals surface area contributed by atoms with Crippen LogP contribution in [0.5, 0.6) is 5.75 Å². The Kier molecular flexibility index (Phi) is 3.19. The first-order chi connectivity index (χ1) is 7.70. The molecule has 0 fully saturated rings. The third kappa shape index (κ3) is 2.22. The van der Waals surface area contributed by atoms with Crippen molar-refractivity contribution >= 4 is 15.9 Å². The molecular weight excluding hydrogens is 273 g/mol. The molecular formula is C12H9BrFNO. The summed E-state index contributed by atoms with van der Waals surface area (Å²) in [5, 5.41) is 0. The lowest BCUT2D eigenvalue weighted by atomic mass is 10.1. The van der Waals surface area contributed by atoms with E-state index in [1.807, 2.05) is 0 Å². The molecule has 0 N–H and O–H groups in total. The number of benzene rings is 1. The van der Waals surface area contributed by atoms with E-state index in [0.717, 1.165) is 10.0 Å².